The maximum Gasteiger partial charge on any atom is 0.0604 e. The number of hydrogen-bond donors (Lipinski definition) is 2. The third-order valence-electron chi connectivity index (χ3n) is 2.79. The van der Waals surface area contributed by atoms with Gasteiger partial charge >= 0.3 is 0 Å². The van der Waals surface area contributed by atoms with Crippen LogP contribution in [0.25, 0.3) is 0 Å². The van der Waals surface area contributed by atoms with Crippen molar-refractivity contribution in [3.05, 3.63) is 29.3 Å². The second kappa shape index (κ2) is 4.47. The minimum atomic E-state index is 0.192. The summed E-state index contributed by atoms with van der Waals surface area (Å²) in [6.45, 7) is 0.829. The molecule has 14 heavy (non-hydrogen) atoms. The average Bonchev–Trinajstić information content (AvgIpc) is 2.26. The second-order valence-electron chi connectivity index (χ2n) is 3.84. The highest BCUT2D eigenvalue weighted by atomic mass is 16.3. The van der Waals surface area contributed by atoms with Crippen LogP contribution in [0.1, 0.15) is 24.0 Å². The Morgan fingerprint density at radius 2 is 1.93 bits per heavy atom. The van der Waals surface area contributed by atoms with E-state index in [1.54, 1.807) is 0 Å². The molecular weight excluding hydrogens is 174 g/mol. The third-order valence-corrected chi connectivity index (χ3v) is 2.79. The highest BCUT2D eigenvalue weighted by molar-refractivity contribution is 5.49. The Morgan fingerprint density at radius 1 is 1.14 bits per heavy atom. The Balaban J connectivity index is 2.12. The minimum absolute atomic E-state index is 0.192. The first-order chi connectivity index (χ1) is 6.90. The third kappa shape index (κ3) is 2.07. The van der Waals surface area contributed by atoms with Crippen molar-refractivity contribution in [1.29, 1.82) is 0 Å². The van der Waals surface area contributed by atoms with Gasteiger partial charge in [-0.2, -0.15) is 0 Å². The average molecular weight is 191 g/mol. The number of aryl methyl sites for hydroxylation is 2. The Morgan fingerprint density at radius 3 is 2.71 bits per heavy atom. The fraction of sp³-hybridized carbons (Fsp3) is 0.500. The van der Waals surface area contributed by atoms with Crippen molar-refractivity contribution < 1.29 is 5.11 Å². The zero-order valence-electron chi connectivity index (χ0n) is 8.42. The number of fused-ring (bicyclic) bond motifs is 1. The molecule has 0 saturated heterocycles. The van der Waals surface area contributed by atoms with E-state index in [1.807, 2.05) is 0 Å². The molecule has 0 saturated carbocycles. The van der Waals surface area contributed by atoms with E-state index < -0.39 is 0 Å². The molecular formula is C12H17NO. The van der Waals surface area contributed by atoms with Crippen LogP contribution in [0, 0.1) is 0 Å². The minimum Gasteiger partial charge on any atom is -0.395 e. The zero-order valence-corrected chi connectivity index (χ0v) is 8.42. The number of aliphatic hydroxyl groups excluding tert-OH is 1. The van der Waals surface area contributed by atoms with E-state index in [4.69, 9.17) is 5.11 Å². The fourth-order valence-electron chi connectivity index (χ4n) is 2.04. The van der Waals surface area contributed by atoms with Crippen molar-refractivity contribution in [2.75, 3.05) is 18.5 Å². The van der Waals surface area contributed by atoms with Gasteiger partial charge in [0.15, 0.2) is 0 Å². The molecule has 1 aliphatic rings. The molecule has 1 aliphatic carbocycles. The van der Waals surface area contributed by atoms with E-state index in [2.05, 4.69) is 23.5 Å². The summed E-state index contributed by atoms with van der Waals surface area (Å²) >= 11 is 0. The predicted molar refractivity (Wildman–Crippen MR) is 58.7 cm³/mol. The topological polar surface area (TPSA) is 32.3 Å². The normalized spacial score (nSPS) is 14.9. The van der Waals surface area contributed by atoms with Crippen LogP contribution >= 0.6 is 0 Å². The van der Waals surface area contributed by atoms with Gasteiger partial charge in [0, 0.05) is 12.2 Å². The first kappa shape index (κ1) is 9.53. The van der Waals surface area contributed by atoms with Crippen LogP contribution < -0.4 is 5.32 Å². The lowest BCUT2D eigenvalue weighted by Gasteiger charge is -2.16. The lowest BCUT2D eigenvalue weighted by atomic mass is 9.91. The van der Waals surface area contributed by atoms with Crippen molar-refractivity contribution >= 4 is 5.69 Å². The van der Waals surface area contributed by atoms with Crippen LogP contribution in [0.3, 0.4) is 0 Å². The van der Waals surface area contributed by atoms with Crippen LogP contribution in [-0.2, 0) is 12.8 Å². The summed E-state index contributed by atoms with van der Waals surface area (Å²) in [6.07, 6.45) is 5.09. The molecule has 76 valence electrons. The molecule has 0 spiro atoms. The van der Waals surface area contributed by atoms with Crippen LogP contribution in [0.4, 0.5) is 5.69 Å². The zero-order chi connectivity index (χ0) is 9.80. The first-order valence-electron chi connectivity index (χ1n) is 5.36. The summed E-state index contributed by atoms with van der Waals surface area (Å²) in [5, 5.41) is 11.9. The molecule has 0 radical (unpaired) electrons. The van der Waals surface area contributed by atoms with Crippen LogP contribution in [0.5, 0.6) is 0 Å². The summed E-state index contributed by atoms with van der Waals surface area (Å²) in [5.74, 6) is 0. The van der Waals surface area contributed by atoms with E-state index >= 15 is 0 Å². The fourth-order valence-corrected chi connectivity index (χ4v) is 2.04. The van der Waals surface area contributed by atoms with Crippen molar-refractivity contribution in [3.63, 3.8) is 0 Å². The van der Waals surface area contributed by atoms with E-state index in [-0.39, 0.29) is 6.61 Å². The van der Waals surface area contributed by atoms with Crippen molar-refractivity contribution in [1.82, 2.24) is 0 Å². The van der Waals surface area contributed by atoms with E-state index in [1.165, 1.54) is 36.8 Å². The molecule has 0 unspecified atom stereocenters. The van der Waals surface area contributed by atoms with Crippen molar-refractivity contribution in [3.8, 4) is 0 Å². The first-order valence-corrected chi connectivity index (χ1v) is 5.36. The highest BCUT2D eigenvalue weighted by Crippen LogP contribution is 2.23. The smallest absolute Gasteiger partial charge is 0.0604 e. The Kier molecular flexibility index (Phi) is 3.04. The number of benzene rings is 1. The Hall–Kier alpha value is -1.02. The summed E-state index contributed by atoms with van der Waals surface area (Å²) in [5.41, 5.74) is 4.13. The molecule has 0 bridgehead atoms. The SMILES string of the molecule is OCCNc1ccc2c(c1)CCCC2. The molecule has 0 aliphatic heterocycles. The van der Waals surface area contributed by atoms with Crippen LogP contribution in [0.15, 0.2) is 18.2 Å². The standard InChI is InChI=1S/C12H17NO/c14-8-7-13-12-6-5-10-3-1-2-4-11(10)9-12/h5-6,9,13-14H,1-4,7-8H2. The lowest BCUT2D eigenvalue weighted by Crippen LogP contribution is -2.07. The monoisotopic (exact) mass is 191 g/mol. The van der Waals surface area contributed by atoms with Crippen LogP contribution in [-0.4, -0.2) is 18.3 Å². The van der Waals surface area contributed by atoms with Gasteiger partial charge in [-0.15, -0.1) is 0 Å². The largest absolute Gasteiger partial charge is 0.395 e. The summed E-state index contributed by atoms with van der Waals surface area (Å²) in [6, 6.07) is 6.55. The molecule has 0 heterocycles. The summed E-state index contributed by atoms with van der Waals surface area (Å²) in [7, 11) is 0. The van der Waals surface area contributed by atoms with Gasteiger partial charge in [0.1, 0.15) is 0 Å². The van der Waals surface area contributed by atoms with Gasteiger partial charge in [-0.3, -0.25) is 0 Å². The van der Waals surface area contributed by atoms with Gasteiger partial charge in [0.25, 0.3) is 0 Å². The molecule has 0 atom stereocenters. The quantitative estimate of drug-likeness (QED) is 0.765. The van der Waals surface area contributed by atoms with E-state index in [0.29, 0.717) is 6.54 Å². The predicted octanol–water partition coefficient (Wildman–Crippen LogP) is 1.97. The Bertz CT molecular complexity index is 309. The van der Waals surface area contributed by atoms with Gasteiger partial charge in [-0.05, 0) is 48.9 Å². The highest BCUT2D eigenvalue weighted by Gasteiger charge is 2.08. The van der Waals surface area contributed by atoms with Crippen molar-refractivity contribution in [2.24, 2.45) is 0 Å². The number of anilines is 1. The molecule has 2 N–H and O–H groups in total. The lowest BCUT2D eigenvalue weighted by molar-refractivity contribution is 0.311. The van der Waals surface area contributed by atoms with Gasteiger partial charge in [0.2, 0.25) is 0 Å². The van der Waals surface area contributed by atoms with Gasteiger partial charge in [-0.25, -0.2) is 0 Å². The van der Waals surface area contributed by atoms with Gasteiger partial charge in [-0.1, -0.05) is 6.07 Å². The summed E-state index contributed by atoms with van der Waals surface area (Å²) in [4.78, 5) is 0. The molecule has 0 fully saturated rings. The molecule has 1 aromatic carbocycles. The van der Waals surface area contributed by atoms with Crippen LogP contribution in [0.2, 0.25) is 0 Å². The van der Waals surface area contributed by atoms with Gasteiger partial charge < -0.3 is 10.4 Å². The number of aliphatic hydroxyl groups is 1. The number of hydrogen-bond acceptors (Lipinski definition) is 2. The molecule has 2 nitrogen and oxygen atoms in total. The molecule has 0 aromatic heterocycles. The van der Waals surface area contributed by atoms with Gasteiger partial charge in [0.05, 0.1) is 6.61 Å². The molecule has 1 aromatic rings. The maximum atomic E-state index is 8.70. The summed E-state index contributed by atoms with van der Waals surface area (Å²) < 4.78 is 0. The number of rotatable bonds is 3. The molecule has 2 heteroatoms. The van der Waals surface area contributed by atoms with E-state index in [0.717, 1.165) is 5.69 Å². The number of nitrogens with one attached hydrogen (secondary N) is 1. The maximum absolute atomic E-state index is 8.70. The van der Waals surface area contributed by atoms with E-state index in [9.17, 15) is 0 Å². The molecule has 0 amide bonds. The molecule has 2 rings (SSSR count). The Labute approximate surface area is 85.0 Å². The second-order valence-corrected chi connectivity index (χ2v) is 3.84. The van der Waals surface area contributed by atoms with Crippen molar-refractivity contribution in [2.45, 2.75) is 25.7 Å².